The van der Waals surface area contributed by atoms with Crippen LogP contribution in [0.2, 0.25) is 0 Å². The first-order valence-electron chi connectivity index (χ1n) is 16.7. The number of hydrogen-bond donors (Lipinski definition) is 0. The summed E-state index contributed by atoms with van der Waals surface area (Å²) in [5.41, 5.74) is 5.79. The molecule has 0 saturated heterocycles. The summed E-state index contributed by atoms with van der Waals surface area (Å²) in [4.78, 5) is 15.7. The number of fused-ring (bicyclic) bond motifs is 11. The van der Waals surface area contributed by atoms with Crippen molar-refractivity contribution in [3.63, 3.8) is 0 Å². The molecule has 11 rings (SSSR count). The Morgan fingerprint density at radius 2 is 0.920 bits per heavy atom. The Morgan fingerprint density at radius 3 is 1.76 bits per heavy atom. The van der Waals surface area contributed by atoms with Crippen LogP contribution in [0.15, 0.2) is 160 Å². The molecule has 11 aromatic rings. The summed E-state index contributed by atoms with van der Waals surface area (Å²) in [6.07, 6.45) is 0. The standard InChI is InChI=1S/C45H25N3O2/c1-3-12-30-26(10-1)20-21-28-24-29(22-23-31(28)30)43-46-44(35-16-9-19-39-40(35)33-14-5-7-17-37(33)49-39)48-45(47-43)36-25-27-11-2-4-13-32(27)41-34-15-6-8-18-38(34)50-42(36)41/h1-25H. The van der Waals surface area contributed by atoms with Crippen molar-refractivity contribution in [1.82, 2.24) is 15.0 Å². The fraction of sp³-hybridized carbons (Fsp3) is 0. The summed E-state index contributed by atoms with van der Waals surface area (Å²) in [6, 6.07) is 52.2. The van der Waals surface area contributed by atoms with Gasteiger partial charge in [-0.3, -0.25) is 0 Å². The van der Waals surface area contributed by atoms with Gasteiger partial charge in [0.1, 0.15) is 22.3 Å². The molecule has 5 nitrogen and oxygen atoms in total. The van der Waals surface area contributed by atoms with Crippen LogP contribution in [0.5, 0.6) is 0 Å². The molecule has 0 aliphatic carbocycles. The number of aromatic nitrogens is 3. The zero-order valence-corrected chi connectivity index (χ0v) is 26.6. The van der Waals surface area contributed by atoms with Crippen LogP contribution in [0.3, 0.4) is 0 Å². The second-order valence-electron chi connectivity index (χ2n) is 12.8. The van der Waals surface area contributed by atoms with Crippen LogP contribution in [0, 0.1) is 0 Å². The number of nitrogens with zero attached hydrogens (tertiary/aromatic N) is 3. The SMILES string of the molecule is c1ccc2c(c1)ccc1cc(-c3nc(-c4cc5ccccc5c5c4oc4ccccc45)nc(-c4cccc5oc6ccccc6c45)n3)ccc12. The number of hydrogen-bond acceptors (Lipinski definition) is 5. The minimum atomic E-state index is 0.545. The van der Waals surface area contributed by atoms with Gasteiger partial charge in [0.25, 0.3) is 0 Å². The van der Waals surface area contributed by atoms with Gasteiger partial charge in [0.15, 0.2) is 17.5 Å². The molecule has 0 saturated carbocycles. The quantitative estimate of drug-likeness (QED) is 0.180. The van der Waals surface area contributed by atoms with Crippen molar-refractivity contribution in [2.45, 2.75) is 0 Å². The monoisotopic (exact) mass is 639 g/mol. The molecule has 0 atom stereocenters. The van der Waals surface area contributed by atoms with Gasteiger partial charge in [-0.15, -0.1) is 0 Å². The molecule has 0 spiro atoms. The Bertz CT molecular complexity index is 3170. The van der Waals surface area contributed by atoms with Crippen LogP contribution >= 0.6 is 0 Å². The number of benzene rings is 8. The molecular formula is C45H25N3O2. The number of furan rings is 2. The predicted octanol–water partition coefficient (Wildman–Crippen LogP) is 12.1. The molecule has 0 bridgehead atoms. The van der Waals surface area contributed by atoms with Gasteiger partial charge in [-0.2, -0.15) is 0 Å². The van der Waals surface area contributed by atoms with Gasteiger partial charge in [0, 0.05) is 32.7 Å². The Morgan fingerprint density at radius 1 is 0.340 bits per heavy atom. The zero-order valence-electron chi connectivity index (χ0n) is 26.6. The van der Waals surface area contributed by atoms with E-state index >= 15 is 0 Å². The minimum Gasteiger partial charge on any atom is -0.456 e. The lowest BCUT2D eigenvalue weighted by Gasteiger charge is -2.11. The van der Waals surface area contributed by atoms with Crippen molar-refractivity contribution < 1.29 is 8.83 Å². The summed E-state index contributed by atoms with van der Waals surface area (Å²) >= 11 is 0. The molecule has 0 fully saturated rings. The Labute approximate surface area is 285 Å². The maximum Gasteiger partial charge on any atom is 0.167 e. The smallest absolute Gasteiger partial charge is 0.167 e. The maximum absolute atomic E-state index is 6.64. The molecule has 5 heteroatoms. The zero-order chi connectivity index (χ0) is 32.8. The van der Waals surface area contributed by atoms with E-state index in [1.807, 2.05) is 42.5 Å². The highest BCUT2D eigenvalue weighted by Crippen LogP contribution is 2.42. The van der Waals surface area contributed by atoms with Crippen LogP contribution in [-0.2, 0) is 0 Å². The van der Waals surface area contributed by atoms with Gasteiger partial charge >= 0.3 is 0 Å². The van der Waals surface area contributed by atoms with E-state index in [4.69, 9.17) is 23.8 Å². The van der Waals surface area contributed by atoms with Crippen LogP contribution in [0.1, 0.15) is 0 Å². The molecule has 3 aromatic heterocycles. The van der Waals surface area contributed by atoms with Gasteiger partial charge in [-0.1, -0.05) is 121 Å². The van der Waals surface area contributed by atoms with Crippen molar-refractivity contribution in [2.24, 2.45) is 0 Å². The maximum atomic E-state index is 6.64. The lowest BCUT2D eigenvalue weighted by Crippen LogP contribution is -2.01. The van der Waals surface area contributed by atoms with Gasteiger partial charge in [-0.25, -0.2) is 15.0 Å². The van der Waals surface area contributed by atoms with Gasteiger partial charge in [-0.05, 0) is 62.6 Å². The molecule has 0 unspecified atom stereocenters. The fourth-order valence-electron chi connectivity index (χ4n) is 7.60. The summed E-state index contributed by atoms with van der Waals surface area (Å²) in [6.45, 7) is 0. The molecule has 0 radical (unpaired) electrons. The molecule has 8 aromatic carbocycles. The lowest BCUT2D eigenvalue weighted by molar-refractivity contribution is 0.668. The molecule has 0 aliphatic rings. The third-order valence-corrected chi connectivity index (χ3v) is 9.89. The second-order valence-corrected chi connectivity index (χ2v) is 12.8. The third kappa shape index (κ3) is 3.98. The first kappa shape index (κ1) is 27.1. The molecular weight excluding hydrogens is 615 g/mol. The number of para-hydroxylation sites is 2. The van der Waals surface area contributed by atoms with Crippen molar-refractivity contribution in [3.8, 4) is 34.2 Å². The van der Waals surface area contributed by atoms with Gasteiger partial charge < -0.3 is 8.83 Å². The highest BCUT2D eigenvalue weighted by molar-refractivity contribution is 6.22. The summed E-state index contributed by atoms with van der Waals surface area (Å²) < 4.78 is 12.9. The molecule has 0 N–H and O–H groups in total. The Kier molecular flexibility index (Phi) is 5.60. The minimum absolute atomic E-state index is 0.545. The van der Waals surface area contributed by atoms with E-state index in [0.717, 1.165) is 76.7 Å². The first-order chi connectivity index (χ1) is 24.8. The van der Waals surface area contributed by atoms with E-state index in [9.17, 15) is 0 Å². The fourth-order valence-corrected chi connectivity index (χ4v) is 7.60. The van der Waals surface area contributed by atoms with Crippen molar-refractivity contribution >= 4 is 76.2 Å². The molecule has 0 amide bonds. The topological polar surface area (TPSA) is 65.0 Å². The first-order valence-corrected chi connectivity index (χ1v) is 16.7. The Balaban J connectivity index is 1.23. The molecule has 0 aliphatic heterocycles. The molecule has 50 heavy (non-hydrogen) atoms. The van der Waals surface area contributed by atoms with E-state index in [-0.39, 0.29) is 0 Å². The largest absolute Gasteiger partial charge is 0.456 e. The summed E-state index contributed by atoms with van der Waals surface area (Å²) in [5.74, 6) is 1.70. The highest BCUT2D eigenvalue weighted by atomic mass is 16.3. The van der Waals surface area contributed by atoms with Crippen molar-refractivity contribution in [3.05, 3.63) is 152 Å². The average Bonchev–Trinajstić information content (AvgIpc) is 3.76. The Hall–Kier alpha value is -6.85. The lowest BCUT2D eigenvalue weighted by atomic mass is 9.99. The van der Waals surface area contributed by atoms with Crippen molar-refractivity contribution in [2.75, 3.05) is 0 Å². The van der Waals surface area contributed by atoms with E-state index in [1.54, 1.807) is 0 Å². The van der Waals surface area contributed by atoms with E-state index in [0.29, 0.717) is 17.5 Å². The van der Waals surface area contributed by atoms with Crippen LogP contribution in [0.4, 0.5) is 0 Å². The summed E-state index contributed by atoms with van der Waals surface area (Å²) in [7, 11) is 0. The van der Waals surface area contributed by atoms with E-state index in [1.165, 1.54) is 16.2 Å². The molecule has 3 heterocycles. The summed E-state index contributed by atoms with van der Waals surface area (Å²) in [5, 5.41) is 11.1. The van der Waals surface area contributed by atoms with Gasteiger partial charge in [0.2, 0.25) is 0 Å². The van der Waals surface area contributed by atoms with E-state index < -0.39 is 0 Å². The van der Waals surface area contributed by atoms with Crippen LogP contribution in [-0.4, -0.2) is 15.0 Å². The third-order valence-electron chi connectivity index (χ3n) is 9.89. The molecule has 232 valence electrons. The van der Waals surface area contributed by atoms with Crippen LogP contribution in [0.25, 0.3) is 110 Å². The predicted molar refractivity (Wildman–Crippen MR) is 203 cm³/mol. The van der Waals surface area contributed by atoms with Crippen molar-refractivity contribution in [1.29, 1.82) is 0 Å². The number of rotatable bonds is 3. The normalized spacial score (nSPS) is 12.0. The second kappa shape index (κ2) is 10.3. The van der Waals surface area contributed by atoms with Gasteiger partial charge in [0.05, 0.1) is 5.56 Å². The van der Waals surface area contributed by atoms with Crippen LogP contribution < -0.4 is 0 Å². The van der Waals surface area contributed by atoms with E-state index in [2.05, 4.69) is 109 Å². The highest BCUT2D eigenvalue weighted by Gasteiger charge is 2.22. The average molecular weight is 640 g/mol.